The summed E-state index contributed by atoms with van der Waals surface area (Å²) in [4.78, 5) is 18.5. The maximum absolute atomic E-state index is 13.0. The molecule has 4 rings (SSSR count). The molecule has 0 radical (unpaired) electrons. The first kappa shape index (κ1) is 17.1. The lowest BCUT2D eigenvalue weighted by Gasteiger charge is -2.14. The fourth-order valence-electron chi connectivity index (χ4n) is 2.93. The number of fused-ring (bicyclic) bond motifs is 1. The number of nitrogens with one attached hydrogen (secondary N) is 1. The van der Waals surface area contributed by atoms with E-state index < -0.39 is 0 Å². The molecule has 2 aromatic heterocycles. The molecular weight excluding hydrogens is 362 g/mol. The summed E-state index contributed by atoms with van der Waals surface area (Å²) in [6.45, 7) is 0. The van der Waals surface area contributed by atoms with E-state index in [1.165, 1.54) is 14.2 Å². The number of benzene rings is 2. The fourth-order valence-corrected chi connectivity index (χ4v) is 3.63. The van der Waals surface area contributed by atoms with Crippen molar-refractivity contribution in [3.05, 3.63) is 65.8 Å². The van der Waals surface area contributed by atoms with Crippen LogP contribution in [0.4, 0.5) is 5.69 Å². The van der Waals surface area contributed by atoms with Crippen molar-refractivity contribution in [1.29, 1.82) is 0 Å². The van der Waals surface area contributed by atoms with E-state index in [0.717, 1.165) is 16.2 Å². The first-order valence-corrected chi connectivity index (χ1v) is 9.13. The van der Waals surface area contributed by atoms with Gasteiger partial charge in [0.1, 0.15) is 17.1 Å². The number of nitrogens with zero attached hydrogens (tertiary/aromatic N) is 2. The molecular formula is C20H17N3O3S. The Morgan fingerprint density at radius 1 is 1.07 bits per heavy atom. The van der Waals surface area contributed by atoms with Gasteiger partial charge in [-0.05, 0) is 18.2 Å². The quantitative estimate of drug-likeness (QED) is 0.560. The van der Waals surface area contributed by atoms with Crippen LogP contribution >= 0.6 is 11.3 Å². The minimum Gasteiger partial charge on any atom is -0.496 e. The first-order valence-electron chi connectivity index (χ1n) is 8.25. The molecule has 2 heterocycles. The van der Waals surface area contributed by atoms with Crippen molar-refractivity contribution in [3.8, 4) is 22.8 Å². The van der Waals surface area contributed by atoms with Gasteiger partial charge in [-0.15, -0.1) is 11.3 Å². The topological polar surface area (TPSA) is 64.9 Å². The van der Waals surface area contributed by atoms with Crippen molar-refractivity contribution in [2.45, 2.75) is 0 Å². The van der Waals surface area contributed by atoms with Crippen LogP contribution in [0.1, 0.15) is 10.4 Å². The number of hydrogen-bond donors (Lipinski definition) is 1. The van der Waals surface area contributed by atoms with Crippen LogP contribution in [0.25, 0.3) is 16.2 Å². The molecule has 0 aliphatic heterocycles. The number of carbonyl (C=O) groups excluding carboxylic acids is 1. The average molecular weight is 379 g/mol. The smallest absolute Gasteiger partial charge is 0.263 e. The fraction of sp³-hybridized carbons (Fsp3) is 0.100. The lowest BCUT2D eigenvalue weighted by molar-refractivity contribution is 0.102. The SMILES string of the molecule is COc1cccc(OC)c1C(=O)Nc1ccccc1-c1cn2ccsc2n1. The second-order valence-corrected chi connectivity index (χ2v) is 6.63. The van der Waals surface area contributed by atoms with Crippen molar-refractivity contribution in [2.24, 2.45) is 0 Å². The molecule has 136 valence electrons. The van der Waals surface area contributed by atoms with E-state index in [2.05, 4.69) is 10.3 Å². The minimum atomic E-state index is -0.308. The Balaban J connectivity index is 1.72. The van der Waals surface area contributed by atoms with E-state index >= 15 is 0 Å². The van der Waals surface area contributed by atoms with E-state index in [9.17, 15) is 4.79 Å². The van der Waals surface area contributed by atoms with Gasteiger partial charge in [0.25, 0.3) is 5.91 Å². The van der Waals surface area contributed by atoms with Gasteiger partial charge in [-0.2, -0.15) is 0 Å². The van der Waals surface area contributed by atoms with E-state index in [0.29, 0.717) is 22.7 Å². The number of para-hydroxylation sites is 1. The van der Waals surface area contributed by atoms with Gasteiger partial charge in [-0.3, -0.25) is 9.20 Å². The third-order valence-electron chi connectivity index (χ3n) is 4.20. The number of ether oxygens (including phenoxy) is 2. The van der Waals surface area contributed by atoms with Crippen LogP contribution in [0.15, 0.2) is 60.2 Å². The van der Waals surface area contributed by atoms with Crippen molar-refractivity contribution < 1.29 is 14.3 Å². The van der Waals surface area contributed by atoms with Crippen molar-refractivity contribution in [1.82, 2.24) is 9.38 Å². The number of imidazole rings is 1. The van der Waals surface area contributed by atoms with Crippen molar-refractivity contribution in [2.75, 3.05) is 19.5 Å². The van der Waals surface area contributed by atoms with E-state index in [-0.39, 0.29) is 5.91 Å². The van der Waals surface area contributed by atoms with Gasteiger partial charge in [0.15, 0.2) is 4.96 Å². The van der Waals surface area contributed by atoms with Crippen molar-refractivity contribution in [3.63, 3.8) is 0 Å². The van der Waals surface area contributed by atoms with Gasteiger partial charge >= 0.3 is 0 Å². The average Bonchev–Trinajstić information content (AvgIpc) is 3.29. The molecule has 1 amide bonds. The Kier molecular flexibility index (Phi) is 4.52. The van der Waals surface area contributed by atoms with Gasteiger partial charge in [0, 0.05) is 23.3 Å². The molecule has 0 aliphatic rings. The second kappa shape index (κ2) is 7.13. The van der Waals surface area contributed by atoms with Crippen LogP contribution < -0.4 is 14.8 Å². The summed E-state index contributed by atoms with van der Waals surface area (Å²) < 4.78 is 12.6. The molecule has 1 N–H and O–H groups in total. The first-order chi connectivity index (χ1) is 13.2. The highest BCUT2D eigenvalue weighted by Crippen LogP contribution is 2.32. The third-order valence-corrected chi connectivity index (χ3v) is 4.97. The Hall–Kier alpha value is -3.32. The maximum Gasteiger partial charge on any atom is 0.263 e. The number of amides is 1. The Bertz CT molecular complexity index is 1070. The Morgan fingerprint density at radius 2 is 1.81 bits per heavy atom. The van der Waals surface area contributed by atoms with Gasteiger partial charge in [0.2, 0.25) is 0 Å². The molecule has 0 bridgehead atoms. The summed E-state index contributed by atoms with van der Waals surface area (Å²) >= 11 is 1.56. The molecule has 0 unspecified atom stereocenters. The molecule has 4 aromatic rings. The molecule has 0 saturated heterocycles. The largest absolute Gasteiger partial charge is 0.496 e. The van der Waals surface area contributed by atoms with Crippen LogP contribution in [0.3, 0.4) is 0 Å². The molecule has 6 nitrogen and oxygen atoms in total. The summed E-state index contributed by atoms with van der Waals surface area (Å²) in [7, 11) is 3.05. The highest BCUT2D eigenvalue weighted by Gasteiger charge is 2.20. The monoisotopic (exact) mass is 379 g/mol. The summed E-state index contributed by atoms with van der Waals surface area (Å²) in [6, 6.07) is 12.8. The van der Waals surface area contributed by atoms with Gasteiger partial charge < -0.3 is 14.8 Å². The van der Waals surface area contributed by atoms with Crippen molar-refractivity contribution >= 4 is 27.9 Å². The molecule has 0 atom stereocenters. The number of thiazole rings is 1. The van der Waals surface area contributed by atoms with E-state index in [1.54, 1.807) is 29.5 Å². The highest BCUT2D eigenvalue weighted by molar-refractivity contribution is 7.15. The zero-order valence-electron chi connectivity index (χ0n) is 14.8. The number of methoxy groups -OCH3 is 2. The predicted octanol–water partition coefficient (Wildman–Crippen LogP) is 4.33. The number of rotatable bonds is 5. The molecule has 2 aromatic carbocycles. The van der Waals surface area contributed by atoms with Gasteiger partial charge in [-0.1, -0.05) is 24.3 Å². The number of aromatic nitrogens is 2. The summed E-state index contributed by atoms with van der Waals surface area (Å²) in [5, 5.41) is 4.95. The third kappa shape index (κ3) is 3.13. The van der Waals surface area contributed by atoms with Gasteiger partial charge in [-0.25, -0.2) is 4.98 Å². The summed E-state index contributed by atoms with van der Waals surface area (Å²) in [5.74, 6) is 0.594. The maximum atomic E-state index is 13.0. The van der Waals surface area contributed by atoms with E-state index in [1.807, 2.05) is 46.4 Å². The van der Waals surface area contributed by atoms with E-state index in [4.69, 9.17) is 9.47 Å². The molecule has 27 heavy (non-hydrogen) atoms. The number of carbonyl (C=O) groups is 1. The minimum absolute atomic E-state index is 0.308. The standard InChI is InChI=1S/C20H17N3O3S/c1-25-16-8-5-9-17(26-2)18(16)19(24)21-14-7-4-3-6-13(14)15-12-23-10-11-27-20(23)22-15/h3-12H,1-2H3,(H,21,24). The lowest BCUT2D eigenvalue weighted by atomic mass is 10.1. The van der Waals surface area contributed by atoms with Crippen LogP contribution in [0, 0.1) is 0 Å². The predicted molar refractivity (Wildman–Crippen MR) is 106 cm³/mol. The normalized spacial score (nSPS) is 10.7. The number of anilines is 1. The zero-order valence-corrected chi connectivity index (χ0v) is 15.6. The second-order valence-electron chi connectivity index (χ2n) is 5.76. The Morgan fingerprint density at radius 3 is 2.52 bits per heavy atom. The zero-order chi connectivity index (χ0) is 18.8. The molecule has 0 fully saturated rings. The summed E-state index contributed by atoms with van der Waals surface area (Å²) in [6.07, 6.45) is 3.90. The van der Waals surface area contributed by atoms with Crippen LogP contribution in [-0.2, 0) is 0 Å². The van der Waals surface area contributed by atoms with Crippen LogP contribution in [0.5, 0.6) is 11.5 Å². The van der Waals surface area contributed by atoms with Crippen LogP contribution in [-0.4, -0.2) is 29.5 Å². The molecule has 0 spiro atoms. The molecule has 0 aliphatic carbocycles. The lowest BCUT2D eigenvalue weighted by Crippen LogP contribution is -2.15. The highest BCUT2D eigenvalue weighted by atomic mass is 32.1. The molecule has 7 heteroatoms. The van der Waals surface area contributed by atoms with Gasteiger partial charge in [0.05, 0.1) is 25.6 Å². The molecule has 0 saturated carbocycles. The summed E-state index contributed by atoms with van der Waals surface area (Å²) in [5.41, 5.74) is 2.66. The Labute approximate surface area is 160 Å². The van der Waals surface area contributed by atoms with Crippen LogP contribution in [0.2, 0.25) is 0 Å². The number of hydrogen-bond acceptors (Lipinski definition) is 5.